The lowest BCUT2D eigenvalue weighted by molar-refractivity contribution is -0.142. The van der Waals surface area contributed by atoms with E-state index in [1.807, 2.05) is 0 Å². The van der Waals surface area contributed by atoms with E-state index >= 15 is 0 Å². The molecule has 37 heavy (non-hydrogen) atoms. The minimum Gasteiger partial charge on any atom is -0.480 e. The maximum absolute atomic E-state index is 13.0. The molecule has 0 bridgehead atoms. The van der Waals surface area contributed by atoms with Crippen molar-refractivity contribution in [2.45, 2.75) is 88.4 Å². The summed E-state index contributed by atoms with van der Waals surface area (Å²) in [6.45, 7) is 0.724. The molecule has 0 aromatic carbocycles. The lowest BCUT2D eigenvalue weighted by atomic mass is 10.0. The minimum absolute atomic E-state index is 0.0593. The van der Waals surface area contributed by atoms with E-state index in [4.69, 9.17) is 28.7 Å². The van der Waals surface area contributed by atoms with Gasteiger partial charge in [-0.05, 0) is 64.5 Å². The SMILES string of the molecule is NCCCCC(NC(=O)C(CCCCN)NC(=O)C(CCC(N)=O)NC(=O)C(N)CCC(N)=O)C(=O)O. The first-order valence-corrected chi connectivity index (χ1v) is 12.3. The van der Waals surface area contributed by atoms with E-state index in [0.717, 1.165) is 0 Å². The van der Waals surface area contributed by atoms with Crippen LogP contribution in [0.1, 0.15) is 64.2 Å². The number of rotatable bonds is 21. The first kappa shape index (κ1) is 33.7. The monoisotopic (exact) mass is 530 g/mol. The van der Waals surface area contributed by atoms with E-state index in [-0.39, 0.29) is 38.5 Å². The topological polar surface area (TPSA) is 289 Å². The minimum atomic E-state index is -1.27. The molecule has 0 radical (unpaired) electrons. The Labute approximate surface area is 216 Å². The largest absolute Gasteiger partial charge is 0.480 e. The lowest BCUT2D eigenvalue weighted by Gasteiger charge is -2.25. The van der Waals surface area contributed by atoms with Gasteiger partial charge in [-0.1, -0.05) is 0 Å². The molecule has 14 N–H and O–H groups in total. The van der Waals surface area contributed by atoms with Crippen LogP contribution in [0.5, 0.6) is 0 Å². The number of unbranched alkanes of at least 4 members (excludes halogenated alkanes) is 2. The Hall–Kier alpha value is -3.30. The first-order chi connectivity index (χ1) is 17.4. The number of hydrogen-bond acceptors (Lipinski definition) is 9. The van der Waals surface area contributed by atoms with Crippen molar-refractivity contribution in [3.05, 3.63) is 0 Å². The summed E-state index contributed by atoms with van der Waals surface area (Å²) in [5.41, 5.74) is 26.9. The normalized spacial score (nSPS) is 14.0. The summed E-state index contributed by atoms with van der Waals surface area (Å²) >= 11 is 0. The van der Waals surface area contributed by atoms with Crippen LogP contribution < -0.4 is 44.6 Å². The highest BCUT2D eigenvalue weighted by Gasteiger charge is 2.30. The van der Waals surface area contributed by atoms with Crippen molar-refractivity contribution in [1.29, 1.82) is 0 Å². The Kier molecular flexibility index (Phi) is 17.2. The molecule has 0 rings (SSSR count). The third-order valence-electron chi connectivity index (χ3n) is 5.49. The van der Waals surface area contributed by atoms with Gasteiger partial charge in [0.15, 0.2) is 0 Å². The number of primary amides is 2. The summed E-state index contributed by atoms with van der Waals surface area (Å²) in [5, 5.41) is 16.8. The van der Waals surface area contributed by atoms with Crippen molar-refractivity contribution in [1.82, 2.24) is 16.0 Å². The Morgan fingerprint density at radius 2 is 1.00 bits per heavy atom. The van der Waals surface area contributed by atoms with Crippen LogP contribution in [-0.4, -0.2) is 77.9 Å². The Morgan fingerprint density at radius 1 is 0.595 bits per heavy atom. The molecule has 4 unspecified atom stereocenters. The van der Waals surface area contributed by atoms with Crippen LogP contribution >= 0.6 is 0 Å². The second kappa shape index (κ2) is 18.9. The third kappa shape index (κ3) is 15.4. The van der Waals surface area contributed by atoms with Gasteiger partial charge in [-0.15, -0.1) is 0 Å². The van der Waals surface area contributed by atoms with Crippen LogP contribution in [0.15, 0.2) is 0 Å². The molecule has 5 amide bonds. The quantitative estimate of drug-likeness (QED) is 0.0664. The summed E-state index contributed by atoms with van der Waals surface area (Å²) in [6, 6.07) is -4.73. The molecule has 0 aliphatic carbocycles. The predicted molar refractivity (Wildman–Crippen MR) is 134 cm³/mol. The van der Waals surface area contributed by atoms with Gasteiger partial charge in [0.1, 0.15) is 18.1 Å². The fourth-order valence-corrected chi connectivity index (χ4v) is 3.32. The van der Waals surface area contributed by atoms with Gasteiger partial charge in [0.25, 0.3) is 0 Å². The van der Waals surface area contributed by atoms with Crippen molar-refractivity contribution in [3.8, 4) is 0 Å². The van der Waals surface area contributed by atoms with Crippen molar-refractivity contribution in [2.75, 3.05) is 13.1 Å². The summed E-state index contributed by atoms with van der Waals surface area (Å²) in [4.78, 5) is 72.2. The predicted octanol–water partition coefficient (Wildman–Crippen LogP) is -3.36. The molecule has 0 aliphatic rings. The fourth-order valence-electron chi connectivity index (χ4n) is 3.32. The maximum Gasteiger partial charge on any atom is 0.326 e. The second-order valence-corrected chi connectivity index (χ2v) is 8.71. The van der Waals surface area contributed by atoms with Gasteiger partial charge in [-0.25, -0.2) is 4.79 Å². The van der Waals surface area contributed by atoms with E-state index in [1.54, 1.807) is 0 Å². The number of amides is 5. The zero-order chi connectivity index (χ0) is 28.4. The van der Waals surface area contributed by atoms with Gasteiger partial charge in [0.05, 0.1) is 6.04 Å². The molecule has 0 saturated carbocycles. The number of carbonyl (C=O) groups is 6. The van der Waals surface area contributed by atoms with Gasteiger partial charge in [0.2, 0.25) is 29.5 Å². The van der Waals surface area contributed by atoms with E-state index in [0.29, 0.717) is 38.8 Å². The maximum atomic E-state index is 13.0. The van der Waals surface area contributed by atoms with Crippen molar-refractivity contribution >= 4 is 35.5 Å². The molecule has 0 aromatic rings. The van der Waals surface area contributed by atoms with Crippen LogP contribution in [0.3, 0.4) is 0 Å². The molecule has 4 atom stereocenters. The zero-order valence-corrected chi connectivity index (χ0v) is 21.1. The summed E-state index contributed by atoms with van der Waals surface area (Å²) in [5.74, 6) is -4.87. The Morgan fingerprint density at radius 3 is 1.46 bits per heavy atom. The third-order valence-corrected chi connectivity index (χ3v) is 5.49. The smallest absolute Gasteiger partial charge is 0.326 e. The van der Waals surface area contributed by atoms with E-state index in [9.17, 15) is 33.9 Å². The molecule has 0 heterocycles. The van der Waals surface area contributed by atoms with E-state index in [1.165, 1.54) is 0 Å². The van der Waals surface area contributed by atoms with Gasteiger partial charge < -0.3 is 49.7 Å². The summed E-state index contributed by atoms with van der Waals surface area (Å²) in [6.07, 6.45) is 1.74. The number of nitrogens with two attached hydrogens (primary N) is 5. The number of carbonyl (C=O) groups excluding carboxylic acids is 5. The molecule has 15 heteroatoms. The van der Waals surface area contributed by atoms with Crippen LogP contribution in [0.2, 0.25) is 0 Å². The Balaban J connectivity index is 5.53. The van der Waals surface area contributed by atoms with Crippen LogP contribution in [-0.2, 0) is 28.8 Å². The van der Waals surface area contributed by atoms with Gasteiger partial charge >= 0.3 is 5.97 Å². The second-order valence-electron chi connectivity index (χ2n) is 8.71. The van der Waals surface area contributed by atoms with E-state index < -0.39 is 59.7 Å². The highest BCUT2D eigenvalue weighted by Crippen LogP contribution is 2.07. The fraction of sp³-hybridized carbons (Fsp3) is 0.727. The first-order valence-electron chi connectivity index (χ1n) is 12.3. The molecule has 0 aliphatic heterocycles. The average Bonchev–Trinajstić information content (AvgIpc) is 2.83. The molecule has 15 nitrogen and oxygen atoms in total. The number of hydrogen-bond donors (Lipinski definition) is 9. The average molecular weight is 531 g/mol. The van der Waals surface area contributed by atoms with Gasteiger partial charge in [-0.2, -0.15) is 0 Å². The molecule has 0 saturated heterocycles. The summed E-state index contributed by atoms with van der Waals surface area (Å²) in [7, 11) is 0. The number of carboxylic acids is 1. The standard InChI is InChI=1S/C22H42N8O7/c23-11-3-1-5-14(20(34)30-16(22(36)37)6-2-4-12-24)29-21(35)15(8-10-18(27)32)28-19(33)13(25)7-9-17(26)31/h13-16H,1-12,23-25H2,(H2,26,31)(H2,27,32)(H,28,33)(H,29,35)(H,30,34)(H,36,37). The van der Waals surface area contributed by atoms with E-state index in [2.05, 4.69) is 16.0 Å². The lowest BCUT2D eigenvalue weighted by Crippen LogP contribution is -2.57. The van der Waals surface area contributed by atoms with Crippen molar-refractivity contribution in [3.63, 3.8) is 0 Å². The van der Waals surface area contributed by atoms with Crippen molar-refractivity contribution in [2.24, 2.45) is 28.7 Å². The molecule has 212 valence electrons. The highest BCUT2D eigenvalue weighted by molar-refractivity contribution is 5.94. The van der Waals surface area contributed by atoms with Crippen LogP contribution in [0, 0.1) is 0 Å². The van der Waals surface area contributed by atoms with Gasteiger partial charge in [0, 0.05) is 12.8 Å². The molecular formula is C22H42N8O7. The van der Waals surface area contributed by atoms with Crippen LogP contribution in [0.4, 0.5) is 0 Å². The summed E-state index contributed by atoms with van der Waals surface area (Å²) < 4.78 is 0. The zero-order valence-electron chi connectivity index (χ0n) is 21.1. The number of carboxylic acid groups (broad SMARTS) is 1. The number of nitrogens with one attached hydrogen (secondary N) is 3. The molecule has 0 fully saturated rings. The van der Waals surface area contributed by atoms with Gasteiger partial charge in [-0.3, -0.25) is 24.0 Å². The van der Waals surface area contributed by atoms with Crippen LogP contribution in [0.25, 0.3) is 0 Å². The molecule has 0 aromatic heterocycles. The highest BCUT2D eigenvalue weighted by atomic mass is 16.4. The Bertz CT molecular complexity index is 780. The number of aliphatic carboxylic acids is 1. The molecular weight excluding hydrogens is 488 g/mol. The van der Waals surface area contributed by atoms with Crippen molar-refractivity contribution < 1.29 is 33.9 Å². The molecule has 0 spiro atoms.